The van der Waals surface area contributed by atoms with E-state index in [1.807, 2.05) is 0 Å². The maximum Gasteiger partial charge on any atom is 0.337 e. The third kappa shape index (κ3) is 3.79. The molecule has 25 heavy (non-hydrogen) atoms. The van der Waals surface area contributed by atoms with E-state index >= 15 is 0 Å². The Morgan fingerprint density at radius 1 is 1.24 bits per heavy atom. The molecule has 1 saturated heterocycles. The van der Waals surface area contributed by atoms with E-state index in [0.717, 1.165) is 25.2 Å². The van der Waals surface area contributed by atoms with Gasteiger partial charge >= 0.3 is 5.97 Å². The fourth-order valence-corrected chi connectivity index (χ4v) is 3.13. The van der Waals surface area contributed by atoms with Gasteiger partial charge in [0.2, 0.25) is 0 Å². The van der Waals surface area contributed by atoms with Crippen molar-refractivity contribution in [1.29, 1.82) is 0 Å². The van der Waals surface area contributed by atoms with Crippen molar-refractivity contribution >= 4 is 23.4 Å². The van der Waals surface area contributed by atoms with Gasteiger partial charge in [-0.25, -0.2) is 9.78 Å². The zero-order valence-corrected chi connectivity index (χ0v) is 14.1. The highest BCUT2D eigenvalue weighted by atomic mass is 16.4. The third-order valence-electron chi connectivity index (χ3n) is 4.51. The summed E-state index contributed by atoms with van der Waals surface area (Å²) < 4.78 is 0. The van der Waals surface area contributed by atoms with Crippen LogP contribution in [0.1, 0.15) is 46.9 Å². The molecule has 0 bridgehead atoms. The van der Waals surface area contributed by atoms with Gasteiger partial charge in [0.15, 0.2) is 0 Å². The van der Waals surface area contributed by atoms with Crippen LogP contribution in [0.2, 0.25) is 0 Å². The lowest BCUT2D eigenvalue weighted by atomic mass is 10.0. The average Bonchev–Trinajstić information content (AvgIpc) is 2.62. The van der Waals surface area contributed by atoms with Crippen molar-refractivity contribution in [3.8, 4) is 0 Å². The summed E-state index contributed by atoms with van der Waals surface area (Å²) >= 11 is 0. The van der Waals surface area contributed by atoms with Gasteiger partial charge in [-0.05, 0) is 50.5 Å². The lowest BCUT2D eigenvalue weighted by molar-refractivity contribution is 0.0698. The fraction of sp³-hybridized carbons (Fsp3) is 0.316. The van der Waals surface area contributed by atoms with Gasteiger partial charge in [-0.1, -0.05) is 12.1 Å². The number of carbonyl (C=O) groups excluding carboxylic acids is 1. The molecule has 1 unspecified atom stereocenters. The summed E-state index contributed by atoms with van der Waals surface area (Å²) in [5.41, 5.74) is 0.808. The molecule has 0 saturated carbocycles. The van der Waals surface area contributed by atoms with E-state index in [0.29, 0.717) is 11.6 Å². The smallest absolute Gasteiger partial charge is 0.337 e. The molecule has 6 heteroatoms. The van der Waals surface area contributed by atoms with Gasteiger partial charge in [-0.2, -0.15) is 0 Å². The average molecular weight is 339 g/mol. The number of aromatic carboxylic acids is 1. The number of carbonyl (C=O) groups is 2. The molecular weight excluding hydrogens is 318 g/mol. The Hall–Kier alpha value is -2.89. The van der Waals surface area contributed by atoms with Crippen LogP contribution in [-0.2, 0) is 0 Å². The Bertz CT molecular complexity index is 791. The zero-order chi connectivity index (χ0) is 17.8. The molecule has 2 aromatic rings. The van der Waals surface area contributed by atoms with Gasteiger partial charge in [0.1, 0.15) is 5.82 Å². The second-order valence-corrected chi connectivity index (χ2v) is 6.25. The number of piperidine rings is 1. The first-order chi connectivity index (χ1) is 12.1. The highest BCUT2D eigenvalue weighted by molar-refractivity contribution is 6.08. The van der Waals surface area contributed by atoms with Crippen LogP contribution in [0, 0.1) is 0 Å². The second kappa shape index (κ2) is 7.34. The number of nitrogens with one attached hydrogen (secondary N) is 1. The van der Waals surface area contributed by atoms with Crippen LogP contribution in [0.3, 0.4) is 0 Å². The van der Waals surface area contributed by atoms with Crippen molar-refractivity contribution in [3.05, 3.63) is 53.7 Å². The maximum absolute atomic E-state index is 12.6. The normalized spacial score (nSPS) is 17.2. The van der Waals surface area contributed by atoms with E-state index < -0.39 is 5.97 Å². The van der Waals surface area contributed by atoms with Crippen LogP contribution >= 0.6 is 0 Å². The Morgan fingerprint density at radius 2 is 2.04 bits per heavy atom. The van der Waals surface area contributed by atoms with Crippen LogP contribution in [-0.4, -0.2) is 34.6 Å². The molecule has 2 N–H and O–H groups in total. The van der Waals surface area contributed by atoms with Gasteiger partial charge < -0.3 is 15.3 Å². The summed E-state index contributed by atoms with van der Waals surface area (Å²) in [7, 11) is 0. The quantitative estimate of drug-likeness (QED) is 0.892. The van der Waals surface area contributed by atoms with E-state index in [1.54, 1.807) is 36.5 Å². The molecule has 1 aliphatic rings. The summed E-state index contributed by atoms with van der Waals surface area (Å²) in [6.07, 6.45) is 5.07. The number of anilines is 2. The van der Waals surface area contributed by atoms with E-state index in [1.165, 1.54) is 12.5 Å². The van der Waals surface area contributed by atoms with Crippen molar-refractivity contribution < 1.29 is 14.7 Å². The third-order valence-corrected chi connectivity index (χ3v) is 4.51. The molecule has 1 amide bonds. The van der Waals surface area contributed by atoms with Gasteiger partial charge in [0.25, 0.3) is 5.91 Å². The Balaban J connectivity index is 1.81. The summed E-state index contributed by atoms with van der Waals surface area (Å²) in [6.45, 7) is 3.10. The molecule has 1 aromatic heterocycles. The molecule has 0 aliphatic carbocycles. The number of carboxylic acids is 1. The molecule has 0 spiro atoms. The first kappa shape index (κ1) is 17.0. The molecule has 1 atom stereocenters. The number of hydrogen-bond donors (Lipinski definition) is 2. The lowest BCUT2D eigenvalue weighted by Crippen LogP contribution is -2.38. The van der Waals surface area contributed by atoms with E-state index in [4.69, 9.17) is 0 Å². The Morgan fingerprint density at radius 3 is 2.80 bits per heavy atom. The minimum Gasteiger partial charge on any atom is -0.478 e. The van der Waals surface area contributed by atoms with E-state index in [-0.39, 0.29) is 17.2 Å². The topological polar surface area (TPSA) is 82.5 Å². The second-order valence-electron chi connectivity index (χ2n) is 6.25. The number of nitrogens with zero attached hydrogens (tertiary/aromatic N) is 2. The number of amides is 1. The molecular formula is C19H21N3O3. The number of aromatic nitrogens is 1. The van der Waals surface area contributed by atoms with Crippen molar-refractivity contribution in [1.82, 2.24) is 4.98 Å². The summed E-state index contributed by atoms with van der Waals surface area (Å²) in [5, 5.41) is 11.9. The standard InChI is InChI=1S/C19H21N3O3/c1-13-6-4-5-11-22(13)17-12-14(9-10-20-17)18(23)21-16-8-3-2-7-15(16)19(24)25/h2-3,7-10,12-13H,4-6,11H2,1H3,(H,21,23)(H,24,25). The molecule has 130 valence electrons. The molecule has 2 heterocycles. The highest BCUT2D eigenvalue weighted by Crippen LogP contribution is 2.24. The van der Waals surface area contributed by atoms with Gasteiger partial charge in [0, 0.05) is 24.3 Å². The maximum atomic E-state index is 12.6. The molecule has 1 aromatic carbocycles. The predicted molar refractivity (Wildman–Crippen MR) is 96.3 cm³/mol. The molecule has 0 radical (unpaired) electrons. The molecule has 1 fully saturated rings. The zero-order valence-electron chi connectivity index (χ0n) is 14.1. The molecule has 6 nitrogen and oxygen atoms in total. The van der Waals surface area contributed by atoms with Crippen molar-refractivity contribution in [2.24, 2.45) is 0 Å². The van der Waals surface area contributed by atoms with Crippen LogP contribution in [0.15, 0.2) is 42.6 Å². The fourth-order valence-electron chi connectivity index (χ4n) is 3.13. The number of benzene rings is 1. The van der Waals surface area contributed by atoms with Gasteiger partial charge in [-0.15, -0.1) is 0 Å². The highest BCUT2D eigenvalue weighted by Gasteiger charge is 2.21. The summed E-state index contributed by atoms with van der Waals surface area (Å²) in [6, 6.07) is 10.2. The van der Waals surface area contributed by atoms with Gasteiger partial charge in [-0.3, -0.25) is 4.79 Å². The first-order valence-corrected chi connectivity index (χ1v) is 8.42. The number of rotatable bonds is 4. The first-order valence-electron chi connectivity index (χ1n) is 8.42. The van der Waals surface area contributed by atoms with E-state index in [9.17, 15) is 14.7 Å². The molecule has 3 rings (SSSR count). The van der Waals surface area contributed by atoms with Crippen LogP contribution in [0.5, 0.6) is 0 Å². The van der Waals surface area contributed by atoms with Crippen molar-refractivity contribution in [3.63, 3.8) is 0 Å². The van der Waals surface area contributed by atoms with E-state index in [2.05, 4.69) is 22.1 Å². The van der Waals surface area contributed by atoms with Crippen LogP contribution < -0.4 is 10.2 Å². The number of carboxylic acid groups (broad SMARTS) is 1. The molecule has 1 aliphatic heterocycles. The summed E-state index contributed by atoms with van der Waals surface area (Å²) in [4.78, 5) is 30.4. The monoisotopic (exact) mass is 339 g/mol. The van der Waals surface area contributed by atoms with Crippen molar-refractivity contribution in [2.45, 2.75) is 32.2 Å². The van der Waals surface area contributed by atoms with Gasteiger partial charge in [0.05, 0.1) is 11.3 Å². The Labute approximate surface area is 146 Å². The van der Waals surface area contributed by atoms with Crippen LogP contribution in [0.4, 0.5) is 11.5 Å². The van der Waals surface area contributed by atoms with Crippen LogP contribution in [0.25, 0.3) is 0 Å². The number of para-hydroxylation sites is 1. The van der Waals surface area contributed by atoms with Crippen molar-refractivity contribution in [2.75, 3.05) is 16.8 Å². The lowest BCUT2D eigenvalue weighted by Gasteiger charge is -2.34. The Kier molecular flexibility index (Phi) is 4.97. The number of hydrogen-bond acceptors (Lipinski definition) is 4. The summed E-state index contributed by atoms with van der Waals surface area (Å²) in [5.74, 6) is -0.637. The minimum atomic E-state index is -1.08. The SMILES string of the molecule is CC1CCCCN1c1cc(C(=O)Nc2ccccc2C(=O)O)ccn1. The predicted octanol–water partition coefficient (Wildman–Crippen LogP) is 3.41. The largest absolute Gasteiger partial charge is 0.478 e. The minimum absolute atomic E-state index is 0.0646. The number of pyridine rings is 1.